The zero-order valence-corrected chi connectivity index (χ0v) is 18.9. The van der Waals surface area contributed by atoms with Gasteiger partial charge in [-0.2, -0.15) is 0 Å². The van der Waals surface area contributed by atoms with Crippen molar-refractivity contribution in [3.05, 3.63) is 41.1 Å². The van der Waals surface area contributed by atoms with E-state index in [0.717, 1.165) is 39.4 Å². The summed E-state index contributed by atoms with van der Waals surface area (Å²) in [5.41, 5.74) is 1.69. The van der Waals surface area contributed by atoms with Gasteiger partial charge in [-0.15, -0.1) is 32.9 Å². The number of thioether (sulfide) groups is 1. The first-order valence-electron chi connectivity index (χ1n) is 9.46. The van der Waals surface area contributed by atoms with Crippen LogP contribution in [0.3, 0.4) is 0 Å². The highest BCUT2D eigenvalue weighted by atomic mass is 32.2. The van der Waals surface area contributed by atoms with Gasteiger partial charge in [-0.3, -0.25) is 4.79 Å². The van der Waals surface area contributed by atoms with Crippen molar-refractivity contribution in [2.45, 2.75) is 18.6 Å². The summed E-state index contributed by atoms with van der Waals surface area (Å²) < 4.78 is 12.8. The van der Waals surface area contributed by atoms with E-state index in [1.54, 1.807) is 11.3 Å². The number of carbonyl (C=O) groups is 1. The van der Waals surface area contributed by atoms with Crippen LogP contribution >= 0.6 is 34.4 Å². The Morgan fingerprint density at radius 2 is 2.13 bits per heavy atom. The number of amides is 1. The molecule has 11 heteroatoms. The van der Waals surface area contributed by atoms with Crippen LogP contribution in [0.5, 0.6) is 11.5 Å². The van der Waals surface area contributed by atoms with Crippen LogP contribution in [0.4, 0.5) is 5.13 Å². The van der Waals surface area contributed by atoms with E-state index in [4.69, 9.17) is 9.47 Å². The molecule has 0 unspecified atom stereocenters. The molecule has 0 radical (unpaired) electrons. The summed E-state index contributed by atoms with van der Waals surface area (Å²) in [5, 5.41) is 16.6. The van der Waals surface area contributed by atoms with E-state index in [-0.39, 0.29) is 18.5 Å². The van der Waals surface area contributed by atoms with Gasteiger partial charge < -0.3 is 19.4 Å². The van der Waals surface area contributed by atoms with Crippen molar-refractivity contribution in [3.8, 4) is 33.5 Å². The Bertz CT molecular complexity index is 1220. The minimum Gasteiger partial charge on any atom is -0.454 e. The van der Waals surface area contributed by atoms with Gasteiger partial charge in [0.25, 0.3) is 0 Å². The molecular formula is C20H17N5O3S3. The van der Waals surface area contributed by atoms with E-state index < -0.39 is 0 Å². The molecule has 0 aliphatic carbocycles. The number of rotatable bonds is 7. The van der Waals surface area contributed by atoms with E-state index in [9.17, 15) is 4.79 Å². The van der Waals surface area contributed by atoms with Gasteiger partial charge in [0.2, 0.25) is 12.7 Å². The van der Waals surface area contributed by atoms with Crippen molar-refractivity contribution in [1.29, 1.82) is 0 Å². The molecule has 4 aromatic rings. The fourth-order valence-corrected chi connectivity index (χ4v) is 5.33. The van der Waals surface area contributed by atoms with Crippen LogP contribution in [0, 0.1) is 0 Å². The van der Waals surface area contributed by atoms with Gasteiger partial charge in [-0.25, -0.2) is 4.98 Å². The average molecular weight is 472 g/mol. The van der Waals surface area contributed by atoms with Crippen LogP contribution in [0.1, 0.15) is 6.92 Å². The number of hydrogen-bond acceptors (Lipinski definition) is 9. The third kappa shape index (κ3) is 4.16. The number of nitrogens with one attached hydrogen (secondary N) is 1. The Morgan fingerprint density at radius 1 is 1.23 bits per heavy atom. The average Bonchev–Trinajstić information content (AvgIpc) is 3.58. The standard InChI is InChI=1S/C20H17N5O3S3/c1-2-25-18(16-4-3-7-29-16)23-24-20(25)31-10-17(26)22-19-21-13(9-30-19)12-5-6-14-15(8-12)28-11-27-14/h3-9H,2,10-11H2,1H3,(H,21,22,26). The second kappa shape index (κ2) is 8.69. The third-order valence-electron chi connectivity index (χ3n) is 4.53. The molecule has 0 bridgehead atoms. The summed E-state index contributed by atoms with van der Waals surface area (Å²) in [6.45, 7) is 3.00. The lowest BCUT2D eigenvalue weighted by atomic mass is 10.1. The first kappa shape index (κ1) is 20.0. The molecule has 0 fully saturated rings. The molecule has 0 spiro atoms. The molecule has 1 aliphatic rings. The molecule has 8 nitrogen and oxygen atoms in total. The smallest absolute Gasteiger partial charge is 0.236 e. The SMILES string of the molecule is CCn1c(SCC(=O)Nc2nc(-c3ccc4c(c3)OCO4)cs2)nnc1-c1cccs1. The molecule has 4 heterocycles. The lowest BCUT2D eigenvalue weighted by Gasteiger charge is -2.06. The highest BCUT2D eigenvalue weighted by Crippen LogP contribution is 2.36. The number of benzene rings is 1. The van der Waals surface area contributed by atoms with Crippen LogP contribution in [0.2, 0.25) is 0 Å². The highest BCUT2D eigenvalue weighted by molar-refractivity contribution is 7.99. The van der Waals surface area contributed by atoms with Gasteiger partial charge in [0.1, 0.15) is 0 Å². The number of thiazole rings is 1. The van der Waals surface area contributed by atoms with E-state index >= 15 is 0 Å². The summed E-state index contributed by atoms with van der Waals surface area (Å²) in [6.07, 6.45) is 0. The van der Waals surface area contributed by atoms with Crippen molar-refractivity contribution in [1.82, 2.24) is 19.7 Å². The maximum Gasteiger partial charge on any atom is 0.236 e. The molecule has 0 saturated carbocycles. The minimum absolute atomic E-state index is 0.139. The Morgan fingerprint density at radius 3 is 2.97 bits per heavy atom. The topological polar surface area (TPSA) is 91.2 Å². The van der Waals surface area contributed by atoms with Gasteiger partial charge >= 0.3 is 0 Å². The van der Waals surface area contributed by atoms with Gasteiger partial charge in [0.05, 0.1) is 16.3 Å². The summed E-state index contributed by atoms with van der Waals surface area (Å²) in [4.78, 5) is 18.0. The van der Waals surface area contributed by atoms with Gasteiger partial charge in [-0.1, -0.05) is 17.8 Å². The summed E-state index contributed by atoms with van der Waals surface area (Å²) in [7, 11) is 0. The maximum absolute atomic E-state index is 12.5. The summed E-state index contributed by atoms with van der Waals surface area (Å²) >= 11 is 4.36. The number of fused-ring (bicyclic) bond motifs is 1. The first-order valence-corrected chi connectivity index (χ1v) is 12.2. The van der Waals surface area contributed by atoms with Crippen LogP contribution in [0.25, 0.3) is 22.0 Å². The largest absolute Gasteiger partial charge is 0.454 e. The number of anilines is 1. The second-order valence-electron chi connectivity index (χ2n) is 6.47. The van der Waals surface area contributed by atoms with E-state index in [2.05, 4.69) is 20.5 Å². The van der Waals surface area contributed by atoms with Crippen molar-refractivity contribution in [3.63, 3.8) is 0 Å². The minimum atomic E-state index is -0.139. The number of thiophene rings is 1. The first-order chi connectivity index (χ1) is 15.2. The number of nitrogens with zero attached hydrogens (tertiary/aromatic N) is 4. The molecule has 0 atom stereocenters. The zero-order valence-electron chi connectivity index (χ0n) is 16.4. The van der Waals surface area contributed by atoms with Crippen molar-refractivity contribution in [2.75, 3.05) is 17.9 Å². The van der Waals surface area contributed by atoms with E-state index in [0.29, 0.717) is 10.9 Å². The number of carbonyl (C=O) groups excluding carboxylic acids is 1. The fraction of sp³-hybridized carbons (Fsp3) is 0.200. The fourth-order valence-electron chi connectivity index (χ4n) is 3.07. The van der Waals surface area contributed by atoms with E-state index in [1.807, 2.05) is 52.6 Å². The van der Waals surface area contributed by atoms with Crippen molar-refractivity contribution >= 4 is 45.5 Å². The van der Waals surface area contributed by atoms with E-state index in [1.165, 1.54) is 23.1 Å². The maximum atomic E-state index is 12.5. The lowest BCUT2D eigenvalue weighted by molar-refractivity contribution is -0.113. The number of ether oxygens (including phenoxy) is 2. The predicted molar refractivity (Wildman–Crippen MR) is 122 cm³/mol. The molecule has 158 valence electrons. The van der Waals surface area contributed by atoms with Crippen LogP contribution in [0.15, 0.2) is 46.2 Å². The normalized spacial score (nSPS) is 12.3. The van der Waals surface area contributed by atoms with Gasteiger partial charge in [0.15, 0.2) is 27.6 Å². The van der Waals surface area contributed by atoms with Crippen LogP contribution in [-0.4, -0.2) is 38.2 Å². The lowest BCUT2D eigenvalue weighted by Crippen LogP contribution is -2.14. The molecular weight excluding hydrogens is 454 g/mol. The van der Waals surface area contributed by atoms with Crippen molar-refractivity contribution < 1.29 is 14.3 Å². The molecule has 1 aromatic carbocycles. The molecule has 0 saturated heterocycles. The van der Waals surface area contributed by atoms with Gasteiger partial charge in [0, 0.05) is 17.5 Å². The van der Waals surface area contributed by atoms with Crippen LogP contribution < -0.4 is 14.8 Å². The van der Waals surface area contributed by atoms with Crippen molar-refractivity contribution in [2.24, 2.45) is 0 Å². The predicted octanol–water partition coefficient (Wildman–Crippen LogP) is 4.61. The quantitative estimate of drug-likeness (QED) is 0.394. The molecule has 3 aromatic heterocycles. The van der Waals surface area contributed by atoms with Crippen LogP contribution in [-0.2, 0) is 11.3 Å². The molecule has 1 aliphatic heterocycles. The molecule has 1 amide bonds. The Hall–Kier alpha value is -2.89. The summed E-state index contributed by atoms with van der Waals surface area (Å²) in [6, 6.07) is 9.68. The summed E-state index contributed by atoms with van der Waals surface area (Å²) in [5.74, 6) is 2.34. The molecule has 5 rings (SSSR count). The van der Waals surface area contributed by atoms with Gasteiger partial charge in [-0.05, 0) is 36.6 Å². The molecule has 1 N–H and O–H groups in total. The zero-order chi connectivity index (χ0) is 21.2. The Labute approximate surface area is 190 Å². The molecule has 31 heavy (non-hydrogen) atoms. The third-order valence-corrected chi connectivity index (χ3v) is 7.12. The number of hydrogen-bond donors (Lipinski definition) is 1. The Balaban J connectivity index is 1.22. The second-order valence-corrected chi connectivity index (χ2v) is 9.22. The number of aromatic nitrogens is 4. The monoisotopic (exact) mass is 471 g/mol. The highest BCUT2D eigenvalue weighted by Gasteiger charge is 2.17. The Kier molecular flexibility index (Phi) is 5.62.